The summed E-state index contributed by atoms with van der Waals surface area (Å²) in [5, 5.41) is 3.84. The number of aromatic nitrogens is 2. The maximum absolute atomic E-state index is 6.03. The molecule has 5 heteroatoms. The number of rotatable bonds is 4. The van der Waals surface area contributed by atoms with Gasteiger partial charge in [-0.2, -0.15) is 0 Å². The summed E-state index contributed by atoms with van der Waals surface area (Å²) in [6.07, 6.45) is 2.31. The van der Waals surface area contributed by atoms with E-state index in [1.54, 1.807) is 11.3 Å². The van der Waals surface area contributed by atoms with E-state index in [2.05, 4.69) is 34.3 Å². The highest BCUT2D eigenvalue weighted by molar-refractivity contribution is 7.11. The Labute approximate surface area is 110 Å². The van der Waals surface area contributed by atoms with E-state index in [1.165, 1.54) is 16.1 Å². The number of hydrogen-bond acceptors (Lipinski definition) is 4. The van der Waals surface area contributed by atoms with Gasteiger partial charge < -0.3 is 5.32 Å². The minimum atomic E-state index is 0.535. The Kier molecular flexibility index (Phi) is 3.97. The number of aryl methyl sites for hydroxylation is 1. The molecule has 0 saturated carbocycles. The van der Waals surface area contributed by atoms with Gasteiger partial charge in [0.05, 0.1) is 6.54 Å². The molecule has 0 aromatic carbocycles. The Morgan fingerprint density at radius 3 is 2.82 bits per heavy atom. The summed E-state index contributed by atoms with van der Waals surface area (Å²) < 4.78 is 0. The minimum Gasteiger partial charge on any atom is -0.365 e. The van der Waals surface area contributed by atoms with Crippen LogP contribution in [0, 0.1) is 6.92 Å². The second-order valence-corrected chi connectivity index (χ2v) is 5.44. The van der Waals surface area contributed by atoms with Gasteiger partial charge in [0.25, 0.3) is 0 Å². The normalized spacial score (nSPS) is 10.5. The molecule has 0 spiro atoms. The van der Waals surface area contributed by atoms with Gasteiger partial charge in [0, 0.05) is 15.3 Å². The van der Waals surface area contributed by atoms with Crippen molar-refractivity contribution in [1.29, 1.82) is 0 Å². The fraction of sp³-hybridized carbons (Fsp3) is 0.333. The van der Waals surface area contributed by atoms with Gasteiger partial charge in [-0.25, -0.2) is 9.97 Å². The number of nitrogens with one attached hydrogen (secondary N) is 1. The van der Waals surface area contributed by atoms with E-state index in [-0.39, 0.29) is 0 Å². The first-order chi connectivity index (χ1) is 8.20. The van der Waals surface area contributed by atoms with Gasteiger partial charge in [0.1, 0.15) is 17.3 Å². The second kappa shape index (κ2) is 5.47. The van der Waals surface area contributed by atoms with E-state index in [0.29, 0.717) is 5.15 Å². The number of hydrogen-bond donors (Lipinski definition) is 1. The summed E-state index contributed by atoms with van der Waals surface area (Å²) in [5.74, 6) is 0.832. The summed E-state index contributed by atoms with van der Waals surface area (Å²) in [5.41, 5.74) is 0.974. The van der Waals surface area contributed by atoms with Gasteiger partial charge in [-0.3, -0.25) is 0 Å². The molecule has 2 rings (SSSR count). The van der Waals surface area contributed by atoms with E-state index in [9.17, 15) is 0 Å². The Balaban J connectivity index is 2.11. The van der Waals surface area contributed by atoms with Crippen LogP contribution in [0.3, 0.4) is 0 Å². The van der Waals surface area contributed by atoms with Crippen LogP contribution in [-0.2, 0) is 13.0 Å². The molecule has 0 saturated heterocycles. The molecular weight excluding hydrogens is 254 g/mol. The first-order valence-electron chi connectivity index (χ1n) is 5.49. The van der Waals surface area contributed by atoms with Crippen molar-refractivity contribution in [2.75, 3.05) is 5.32 Å². The molecule has 0 bridgehead atoms. The maximum atomic E-state index is 6.03. The summed E-state index contributed by atoms with van der Waals surface area (Å²) >= 11 is 7.81. The van der Waals surface area contributed by atoms with Crippen LogP contribution in [-0.4, -0.2) is 9.97 Å². The molecule has 0 aliphatic rings. The number of thiophene rings is 1. The van der Waals surface area contributed by atoms with Crippen molar-refractivity contribution in [1.82, 2.24) is 9.97 Å². The van der Waals surface area contributed by atoms with Crippen LogP contribution >= 0.6 is 22.9 Å². The van der Waals surface area contributed by atoms with E-state index < -0.39 is 0 Å². The fourth-order valence-electron chi connectivity index (χ4n) is 1.61. The standard InChI is InChI=1S/C12H14ClN3S/c1-3-10-11(13)15-7-16-12(10)14-6-9-5-4-8(2)17-9/h4-5,7H,3,6H2,1-2H3,(H,14,15,16). The lowest BCUT2D eigenvalue weighted by atomic mass is 10.2. The molecule has 17 heavy (non-hydrogen) atoms. The number of nitrogens with zero attached hydrogens (tertiary/aromatic N) is 2. The van der Waals surface area contributed by atoms with Gasteiger partial charge in [-0.1, -0.05) is 18.5 Å². The minimum absolute atomic E-state index is 0.535. The summed E-state index contributed by atoms with van der Waals surface area (Å²) in [7, 11) is 0. The zero-order valence-electron chi connectivity index (χ0n) is 9.83. The first kappa shape index (κ1) is 12.3. The lowest BCUT2D eigenvalue weighted by Crippen LogP contribution is -2.04. The van der Waals surface area contributed by atoms with Crippen molar-refractivity contribution in [2.24, 2.45) is 0 Å². The summed E-state index contributed by atoms with van der Waals surface area (Å²) in [6.45, 7) is 4.93. The van der Waals surface area contributed by atoms with E-state index in [4.69, 9.17) is 11.6 Å². The predicted octanol–water partition coefficient (Wildman–Crippen LogP) is 3.67. The van der Waals surface area contributed by atoms with Gasteiger partial charge in [0.15, 0.2) is 0 Å². The van der Waals surface area contributed by atoms with E-state index in [1.807, 2.05) is 6.92 Å². The topological polar surface area (TPSA) is 37.8 Å². The van der Waals surface area contributed by atoms with Crippen LogP contribution in [0.5, 0.6) is 0 Å². The van der Waals surface area contributed by atoms with Crippen molar-refractivity contribution in [3.8, 4) is 0 Å². The van der Waals surface area contributed by atoms with Gasteiger partial charge in [0.2, 0.25) is 0 Å². The number of anilines is 1. The number of halogens is 1. The summed E-state index contributed by atoms with van der Waals surface area (Å²) in [4.78, 5) is 10.8. The van der Waals surface area contributed by atoms with Gasteiger partial charge in [-0.05, 0) is 25.5 Å². The van der Waals surface area contributed by atoms with Crippen molar-refractivity contribution < 1.29 is 0 Å². The molecule has 2 aromatic rings. The predicted molar refractivity (Wildman–Crippen MR) is 72.8 cm³/mol. The smallest absolute Gasteiger partial charge is 0.137 e. The molecule has 0 unspecified atom stereocenters. The lowest BCUT2D eigenvalue weighted by molar-refractivity contribution is 1.02. The zero-order chi connectivity index (χ0) is 12.3. The zero-order valence-corrected chi connectivity index (χ0v) is 11.4. The quantitative estimate of drug-likeness (QED) is 0.859. The Bertz CT molecular complexity index is 510. The van der Waals surface area contributed by atoms with Crippen LogP contribution < -0.4 is 5.32 Å². The Hall–Kier alpha value is -1.13. The molecule has 3 nitrogen and oxygen atoms in total. The van der Waals surface area contributed by atoms with Crippen molar-refractivity contribution in [3.63, 3.8) is 0 Å². The second-order valence-electron chi connectivity index (χ2n) is 3.71. The van der Waals surface area contributed by atoms with Crippen LogP contribution in [0.2, 0.25) is 5.15 Å². The molecule has 0 atom stereocenters. The van der Waals surface area contributed by atoms with Gasteiger partial charge in [-0.15, -0.1) is 11.3 Å². The monoisotopic (exact) mass is 267 g/mol. The van der Waals surface area contributed by atoms with Crippen LogP contribution in [0.15, 0.2) is 18.5 Å². The highest BCUT2D eigenvalue weighted by Crippen LogP contribution is 2.22. The average Bonchev–Trinajstić information content (AvgIpc) is 2.72. The highest BCUT2D eigenvalue weighted by atomic mass is 35.5. The van der Waals surface area contributed by atoms with Crippen LogP contribution in [0.25, 0.3) is 0 Å². The third-order valence-electron chi connectivity index (χ3n) is 2.47. The molecule has 0 aliphatic carbocycles. The highest BCUT2D eigenvalue weighted by Gasteiger charge is 2.07. The largest absolute Gasteiger partial charge is 0.365 e. The molecule has 2 heterocycles. The van der Waals surface area contributed by atoms with E-state index >= 15 is 0 Å². The third kappa shape index (κ3) is 2.96. The molecule has 0 amide bonds. The first-order valence-corrected chi connectivity index (χ1v) is 6.68. The SMILES string of the molecule is CCc1c(Cl)ncnc1NCc1ccc(C)s1. The summed E-state index contributed by atoms with van der Waals surface area (Å²) in [6, 6.07) is 4.25. The van der Waals surface area contributed by atoms with Crippen molar-refractivity contribution in [3.05, 3.63) is 38.9 Å². The van der Waals surface area contributed by atoms with E-state index in [0.717, 1.165) is 24.3 Å². The van der Waals surface area contributed by atoms with Gasteiger partial charge >= 0.3 is 0 Å². The fourth-order valence-corrected chi connectivity index (χ4v) is 2.70. The van der Waals surface area contributed by atoms with Crippen LogP contribution in [0.1, 0.15) is 22.2 Å². The molecule has 0 aliphatic heterocycles. The maximum Gasteiger partial charge on any atom is 0.137 e. The Morgan fingerprint density at radius 2 is 2.18 bits per heavy atom. The third-order valence-corrected chi connectivity index (χ3v) is 3.80. The van der Waals surface area contributed by atoms with Crippen LogP contribution in [0.4, 0.5) is 5.82 Å². The Morgan fingerprint density at radius 1 is 1.35 bits per heavy atom. The molecule has 2 aromatic heterocycles. The molecule has 90 valence electrons. The van der Waals surface area contributed by atoms with Crippen molar-refractivity contribution in [2.45, 2.75) is 26.8 Å². The molecule has 0 fully saturated rings. The average molecular weight is 268 g/mol. The van der Waals surface area contributed by atoms with Crippen molar-refractivity contribution >= 4 is 28.8 Å². The molecule has 0 radical (unpaired) electrons. The lowest BCUT2D eigenvalue weighted by Gasteiger charge is -2.09. The molecular formula is C12H14ClN3S. The molecule has 1 N–H and O–H groups in total.